The van der Waals surface area contributed by atoms with Crippen molar-refractivity contribution in [2.45, 2.75) is 39.3 Å². The second kappa shape index (κ2) is 5.88. The smallest absolute Gasteiger partial charge is 0.413 e. The van der Waals surface area contributed by atoms with Crippen LogP contribution in [0.2, 0.25) is 0 Å². The van der Waals surface area contributed by atoms with E-state index in [9.17, 15) is 9.59 Å². The monoisotopic (exact) mass is 313 g/mol. The van der Waals surface area contributed by atoms with Gasteiger partial charge in [-0.1, -0.05) is 11.3 Å². The molecule has 0 spiro atoms. The van der Waals surface area contributed by atoms with Gasteiger partial charge in [0.05, 0.1) is 19.3 Å². The molecule has 0 radical (unpaired) electrons. The van der Waals surface area contributed by atoms with Crippen molar-refractivity contribution in [1.29, 1.82) is 0 Å². The molecule has 8 heteroatoms. The Morgan fingerprint density at radius 1 is 1.38 bits per heavy atom. The molecule has 0 fully saturated rings. The minimum atomic E-state index is -0.551. The highest BCUT2D eigenvalue weighted by molar-refractivity contribution is 7.15. The topological polar surface area (TPSA) is 80.8 Å². The van der Waals surface area contributed by atoms with Crippen LogP contribution in [0.25, 0.3) is 0 Å². The van der Waals surface area contributed by atoms with Crippen LogP contribution in [-0.2, 0) is 22.4 Å². The molecule has 2 rings (SSSR count). The summed E-state index contributed by atoms with van der Waals surface area (Å²) in [5.41, 5.74) is 0.397. The molecule has 1 aromatic heterocycles. The third-order valence-electron chi connectivity index (χ3n) is 2.78. The maximum absolute atomic E-state index is 12.1. The van der Waals surface area contributed by atoms with Crippen LogP contribution in [0.4, 0.5) is 14.7 Å². The van der Waals surface area contributed by atoms with Crippen molar-refractivity contribution in [2.75, 3.05) is 19.0 Å². The summed E-state index contributed by atoms with van der Waals surface area (Å²) in [6, 6.07) is 0. The number of thiazole rings is 1. The molecular formula is C13H19N3O4S. The van der Waals surface area contributed by atoms with Gasteiger partial charge in [0.15, 0.2) is 5.13 Å². The zero-order valence-electron chi connectivity index (χ0n) is 12.6. The standard InChI is InChI=1S/C13H19N3O4S/c1-13(2,3)20-12(18)16-6-5-8-9(7-16)21-10(14-8)15-11(17)19-4/h5-7H2,1-4H3,(H,14,15,17). The lowest BCUT2D eigenvalue weighted by atomic mass is 10.2. The Morgan fingerprint density at radius 3 is 2.71 bits per heavy atom. The Bertz CT molecular complexity index is 550. The van der Waals surface area contributed by atoms with Gasteiger partial charge < -0.3 is 14.4 Å². The van der Waals surface area contributed by atoms with Crippen molar-refractivity contribution in [3.63, 3.8) is 0 Å². The van der Waals surface area contributed by atoms with E-state index in [4.69, 9.17) is 4.74 Å². The third-order valence-corrected chi connectivity index (χ3v) is 3.78. The van der Waals surface area contributed by atoms with Crippen LogP contribution in [-0.4, -0.2) is 41.3 Å². The largest absolute Gasteiger partial charge is 0.453 e. The predicted molar refractivity (Wildman–Crippen MR) is 78.5 cm³/mol. The number of aromatic nitrogens is 1. The van der Waals surface area contributed by atoms with E-state index in [1.54, 1.807) is 4.90 Å². The van der Waals surface area contributed by atoms with Gasteiger partial charge in [-0.05, 0) is 20.8 Å². The molecule has 1 aromatic rings. The van der Waals surface area contributed by atoms with Crippen molar-refractivity contribution in [3.8, 4) is 0 Å². The van der Waals surface area contributed by atoms with Crippen molar-refractivity contribution in [2.24, 2.45) is 0 Å². The van der Waals surface area contributed by atoms with Crippen molar-refractivity contribution < 1.29 is 19.1 Å². The highest BCUT2D eigenvalue weighted by Gasteiger charge is 2.28. The number of methoxy groups -OCH3 is 1. The fourth-order valence-electron chi connectivity index (χ4n) is 1.87. The van der Waals surface area contributed by atoms with Crippen molar-refractivity contribution in [3.05, 3.63) is 10.6 Å². The molecule has 0 saturated heterocycles. The molecule has 1 N–H and O–H groups in total. The van der Waals surface area contributed by atoms with E-state index in [1.807, 2.05) is 20.8 Å². The first kappa shape index (κ1) is 15.6. The summed E-state index contributed by atoms with van der Waals surface area (Å²) in [4.78, 5) is 30.2. The second-order valence-corrected chi connectivity index (χ2v) is 6.74. The Morgan fingerprint density at radius 2 is 2.10 bits per heavy atom. The lowest BCUT2D eigenvalue weighted by Gasteiger charge is -2.29. The fourth-order valence-corrected chi connectivity index (χ4v) is 2.88. The zero-order chi connectivity index (χ0) is 15.6. The lowest BCUT2D eigenvalue weighted by Crippen LogP contribution is -2.39. The highest BCUT2D eigenvalue weighted by Crippen LogP contribution is 2.29. The molecule has 2 heterocycles. The van der Waals surface area contributed by atoms with Gasteiger partial charge in [-0.25, -0.2) is 14.6 Å². The molecule has 0 bridgehead atoms. The van der Waals surface area contributed by atoms with E-state index in [0.717, 1.165) is 10.6 Å². The van der Waals surface area contributed by atoms with E-state index in [2.05, 4.69) is 15.0 Å². The van der Waals surface area contributed by atoms with Gasteiger partial charge >= 0.3 is 12.2 Å². The Balaban J connectivity index is 2.03. The van der Waals surface area contributed by atoms with E-state index >= 15 is 0 Å². The van der Waals surface area contributed by atoms with Crippen LogP contribution in [0, 0.1) is 0 Å². The molecule has 1 aliphatic rings. The van der Waals surface area contributed by atoms with Crippen LogP contribution < -0.4 is 5.32 Å². The molecule has 116 valence electrons. The number of rotatable bonds is 1. The van der Waals surface area contributed by atoms with E-state index < -0.39 is 11.7 Å². The average Bonchev–Trinajstić information content (AvgIpc) is 2.77. The Hall–Kier alpha value is -1.83. The molecule has 0 aliphatic carbocycles. The third kappa shape index (κ3) is 4.07. The van der Waals surface area contributed by atoms with Gasteiger partial charge in [0.2, 0.25) is 0 Å². The first-order valence-corrected chi connectivity index (χ1v) is 7.41. The fraction of sp³-hybridized carbons (Fsp3) is 0.615. The summed E-state index contributed by atoms with van der Waals surface area (Å²) in [6.45, 7) is 6.52. The highest BCUT2D eigenvalue weighted by atomic mass is 32.1. The van der Waals surface area contributed by atoms with Crippen molar-refractivity contribution in [1.82, 2.24) is 9.88 Å². The molecule has 7 nitrogen and oxygen atoms in total. The Kier molecular flexibility index (Phi) is 4.36. The number of carbonyl (C=O) groups excluding carboxylic acids is 2. The van der Waals surface area contributed by atoms with Crippen LogP contribution in [0.3, 0.4) is 0 Å². The van der Waals surface area contributed by atoms with Crippen molar-refractivity contribution >= 4 is 28.7 Å². The molecule has 0 unspecified atom stereocenters. The molecule has 0 aromatic carbocycles. The Labute approximate surface area is 127 Å². The quantitative estimate of drug-likeness (QED) is 0.862. The minimum absolute atomic E-state index is 0.330. The first-order valence-electron chi connectivity index (χ1n) is 6.60. The van der Waals surface area contributed by atoms with Gasteiger partial charge in [0, 0.05) is 17.8 Å². The first-order chi connectivity index (χ1) is 9.78. The minimum Gasteiger partial charge on any atom is -0.453 e. The van der Waals surface area contributed by atoms with Gasteiger partial charge in [0.25, 0.3) is 0 Å². The summed E-state index contributed by atoms with van der Waals surface area (Å²) >= 11 is 1.35. The van der Waals surface area contributed by atoms with E-state index in [-0.39, 0.29) is 6.09 Å². The van der Waals surface area contributed by atoms with Crippen LogP contribution >= 0.6 is 11.3 Å². The maximum Gasteiger partial charge on any atom is 0.413 e. The number of hydrogen-bond donors (Lipinski definition) is 1. The van der Waals surface area contributed by atoms with Gasteiger partial charge in [0.1, 0.15) is 5.60 Å². The summed E-state index contributed by atoms with van der Waals surface area (Å²) in [7, 11) is 1.30. The van der Waals surface area contributed by atoms with Gasteiger partial charge in [-0.15, -0.1) is 0 Å². The van der Waals surface area contributed by atoms with Gasteiger partial charge in [-0.2, -0.15) is 0 Å². The summed E-state index contributed by atoms with van der Waals surface area (Å²) in [6.07, 6.45) is -0.234. The van der Waals surface area contributed by atoms with Crippen LogP contribution in [0.15, 0.2) is 0 Å². The number of ether oxygens (including phenoxy) is 2. The molecule has 0 saturated carbocycles. The number of fused-ring (bicyclic) bond motifs is 1. The molecule has 0 atom stereocenters. The van der Waals surface area contributed by atoms with Crippen LogP contribution in [0.1, 0.15) is 31.3 Å². The number of anilines is 1. The maximum atomic E-state index is 12.1. The van der Waals surface area contributed by atoms with Crippen LogP contribution in [0.5, 0.6) is 0 Å². The number of amides is 2. The summed E-state index contributed by atoms with van der Waals surface area (Å²) in [5.74, 6) is 0. The van der Waals surface area contributed by atoms with E-state index in [1.165, 1.54) is 18.4 Å². The van der Waals surface area contributed by atoms with Gasteiger partial charge in [-0.3, -0.25) is 5.32 Å². The average molecular weight is 313 g/mol. The van der Waals surface area contributed by atoms with E-state index in [0.29, 0.717) is 24.6 Å². The molecular weight excluding hydrogens is 294 g/mol. The second-order valence-electron chi connectivity index (χ2n) is 5.66. The normalized spacial score (nSPS) is 14.4. The molecule has 2 amide bonds. The summed E-state index contributed by atoms with van der Waals surface area (Å²) in [5, 5.41) is 3.03. The SMILES string of the molecule is COC(=O)Nc1nc2c(s1)CN(C(=O)OC(C)(C)C)CC2. The number of carbonyl (C=O) groups is 2. The molecule has 21 heavy (non-hydrogen) atoms. The lowest BCUT2D eigenvalue weighted by molar-refractivity contribution is 0.0225. The molecule has 1 aliphatic heterocycles. The number of nitrogens with zero attached hydrogens (tertiary/aromatic N) is 2. The number of nitrogens with one attached hydrogen (secondary N) is 1. The predicted octanol–water partition coefficient (Wildman–Crippen LogP) is 2.61. The number of hydrogen-bond acceptors (Lipinski definition) is 6. The zero-order valence-corrected chi connectivity index (χ0v) is 13.4. The summed E-state index contributed by atoms with van der Waals surface area (Å²) < 4.78 is 9.89.